The van der Waals surface area contributed by atoms with Gasteiger partial charge in [0.1, 0.15) is 5.82 Å². The van der Waals surface area contributed by atoms with Crippen molar-refractivity contribution in [1.29, 1.82) is 0 Å². The lowest BCUT2D eigenvalue weighted by atomic mass is 9.88. The van der Waals surface area contributed by atoms with Gasteiger partial charge in [-0.3, -0.25) is 0 Å². The largest absolute Gasteiger partial charge is 0.397 e. The molecule has 18 heavy (non-hydrogen) atoms. The Kier molecular flexibility index (Phi) is 5.41. The Morgan fingerprint density at radius 2 is 2.11 bits per heavy atom. The molecule has 0 spiro atoms. The van der Waals surface area contributed by atoms with Crippen LogP contribution in [0, 0.1) is 11.2 Å². The number of hydrogen-bond acceptors (Lipinski definition) is 3. The first-order chi connectivity index (χ1) is 8.35. The predicted octanol–water partition coefficient (Wildman–Crippen LogP) is 3.38. The van der Waals surface area contributed by atoms with Crippen molar-refractivity contribution in [1.82, 2.24) is 0 Å². The first kappa shape index (κ1) is 15.2. The molecule has 0 unspecified atom stereocenters. The Balaban J connectivity index is 2.66. The zero-order chi connectivity index (χ0) is 13.8. The summed E-state index contributed by atoms with van der Waals surface area (Å²) in [5, 5.41) is 12.0. The summed E-state index contributed by atoms with van der Waals surface area (Å²) in [5.41, 5.74) is 6.97. The van der Waals surface area contributed by atoms with Crippen LogP contribution in [0.3, 0.4) is 0 Å². The SMILES string of the molecule is CC(C)(CCCO)CNc1cc(F)c(Br)cc1N. The van der Waals surface area contributed by atoms with E-state index in [0.717, 1.165) is 12.8 Å². The molecular formula is C13H20BrFN2O. The highest BCUT2D eigenvalue weighted by atomic mass is 79.9. The first-order valence-electron chi connectivity index (χ1n) is 5.95. The van der Waals surface area contributed by atoms with Crippen molar-refractivity contribution in [2.75, 3.05) is 24.2 Å². The summed E-state index contributed by atoms with van der Waals surface area (Å²) in [5.74, 6) is -0.333. The maximum absolute atomic E-state index is 13.4. The van der Waals surface area contributed by atoms with Crippen molar-refractivity contribution in [3.8, 4) is 0 Å². The van der Waals surface area contributed by atoms with Gasteiger partial charge in [0.15, 0.2) is 0 Å². The molecule has 1 rings (SSSR count). The van der Waals surface area contributed by atoms with Crippen LogP contribution in [0.5, 0.6) is 0 Å². The first-order valence-corrected chi connectivity index (χ1v) is 6.74. The second-order valence-corrected chi connectivity index (χ2v) is 6.05. The number of benzene rings is 1. The summed E-state index contributed by atoms with van der Waals surface area (Å²) in [4.78, 5) is 0. The maximum atomic E-state index is 13.4. The molecule has 0 aliphatic heterocycles. The lowest BCUT2D eigenvalue weighted by Crippen LogP contribution is -2.23. The minimum absolute atomic E-state index is 0.0265. The number of aliphatic hydroxyl groups excluding tert-OH is 1. The zero-order valence-electron chi connectivity index (χ0n) is 10.8. The third-order valence-electron chi connectivity index (χ3n) is 2.86. The number of nitrogens with two attached hydrogens (primary N) is 1. The number of nitrogen functional groups attached to an aromatic ring is 1. The second kappa shape index (κ2) is 6.38. The van der Waals surface area contributed by atoms with Crippen LogP contribution in [0.2, 0.25) is 0 Å². The lowest BCUT2D eigenvalue weighted by Gasteiger charge is -2.25. The molecule has 1 aromatic carbocycles. The molecule has 0 saturated heterocycles. The fourth-order valence-electron chi connectivity index (χ4n) is 1.70. The van der Waals surface area contributed by atoms with Crippen molar-refractivity contribution in [2.24, 2.45) is 5.41 Å². The topological polar surface area (TPSA) is 58.3 Å². The number of halogens is 2. The standard InChI is InChI=1S/C13H20BrFN2O/c1-13(2,4-3-5-18)8-17-12-7-10(15)9(14)6-11(12)16/h6-7,17-18H,3-5,8,16H2,1-2H3. The Morgan fingerprint density at radius 3 is 2.72 bits per heavy atom. The van der Waals surface area contributed by atoms with Gasteiger partial charge < -0.3 is 16.2 Å². The van der Waals surface area contributed by atoms with Gasteiger partial charge in [-0.2, -0.15) is 0 Å². The highest BCUT2D eigenvalue weighted by Gasteiger charge is 2.17. The number of anilines is 2. The van der Waals surface area contributed by atoms with E-state index in [1.54, 1.807) is 6.07 Å². The van der Waals surface area contributed by atoms with Gasteiger partial charge in [0.05, 0.1) is 15.8 Å². The summed E-state index contributed by atoms with van der Waals surface area (Å²) in [7, 11) is 0. The normalized spacial score (nSPS) is 11.6. The molecule has 3 nitrogen and oxygen atoms in total. The van der Waals surface area contributed by atoms with Gasteiger partial charge in [-0.05, 0) is 40.3 Å². The molecule has 0 aliphatic carbocycles. The van der Waals surface area contributed by atoms with Gasteiger partial charge in [0.2, 0.25) is 0 Å². The molecule has 0 atom stereocenters. The van der Waals surface area contributed by atoms with Crippen LogP contribution >= 0.6 is 15.9 Å². The second-order valence-electron chi connectivity index (χ2n) is 5.20. The molecule has 5 heteroatoms. The van der Waals surface area contributed by atoms with Crippen LogP contribution in [-0.2, 0) is 0 Å². The highest BCUT2D eigenvalue weighted by Crippen LogP contribution is 2.29. The van der Waals surface area contributed by atoms with Crippen molar-refractivity contribution < 1.29 is 9.50 Å². The monoisotopic (exact) mass is 318 g/mol. The van der Waals surface area contributed by atoms with Crippen LogP contribution in [0.4, 0.5) is 15.8 Å². The van der Waals surface area contributed by atoms with Crippen LogP contribution in [-0.4, -0.2) is 18.3 Å². The van der Waals surface area contributed by atoms with Crippen LogP contribution < -0.4 is 11.1 Å². The molecule has 0 bridgehead atoms. The van der Waals surface area contributed by atoms with E-state index in [4.69, 9.17) is 10.8 Å². The van der Waals surface area contributed by atoms with E-state index in [9.17, 15) is 4.39 Å². The van der Waals surface area contributed by atoms with E-state index in [2.05, 4.69) is 35.1 Å². The number of nitrogens with one attached hydrogen (secondary N) is 1. The minimum atomic E-state index is -0.333. The Hall–Kier alpha value is -0.810. The van der Waals surface area contributed by atoms with Crippen molar-refractivity contribution in [3.63, 3.8) is 0 Å². The van der Waals surface area contributed by atoms with Gasteiger partial charge in [0, 0.05) is 19.2 Å². The van der Waals surface area contributed by atoms with Gasteiger partial charge in [-0.1, -0.05) is 13.8 Å². The van der Waals surface area contributed by atoms with Crippen molar-refractivity contribution in [2.45, 2.75) is 26.7 Å². The summed E-state index contributed by atoms with van der Waals surface area (Å²) >= 11 is 3.09. The molecular weight excluding hydrogens is 299 g/mol. The number of rotatable bonds is 6. The van der Waals surface area contributed by atoms with E-state index >= 15 is 0 Å². The van der Waals surface area contributed by atoms with E-state index in [-0.39, 0.29) is 17.8 Å². The molecule has 0 radical (unpaired) electrons. The van der Waals surface area contributed by atoms with Crippen LogP contribution in [0.1, 0.15) is 26.7 Å². The Morgan fingerprint density at radius 1 is 1.44 bits per heavy atom. The number of hydrogen-bond donors (Lipinski definition) is 3. The highest BCUT2D eigenvalue weighted by molar-refractivity contribution is 9.10. The average Bonchev–Trinajstić information content (AvgIpc) is 2.30. The van der Waals surface area contributed by atoms with Crippen LogP contribution in [0.15, 0.2) is 16.6 Å². The minimum Gasteiger partial charge on any atom is -0.397 e. The molecule has 0 aliphatic rings. The predicted molar refractivity (Wildman–Crippen MR) is 77.1 cm³/mol. The Bertz CT molecular complexity index is 410. The molecule has 4 N–H and O–H groups in total. The molecule has 0 heterocycles. The van der Waals surface area contributed by atoms with E-state index in [1.807, 2.05) is 0 Å². The molecule has 0 saturated carbocycles. The number of aliphatic hydroxyl groups is 1. The molecule has 0 aromatic heterocycles. The van der Waals surface area contributed by atoms with Crippen molar-refractivity contribution >= 4 is 27.3 Å². The summed E-state index contributed by atoms with van der Waals surface area (Å²) in [6.07, 6.45) is 1.66. The maximum Gasteiger partial charge on any atom is 0.139 e. The fourth-order valence-corrected chi connectivity index (χ4v) is 2.06. The summed E-state index contributed by atoms with van der Waals surface area (Å²) in [6.45, 7) is 5.07. The summed E-state index contributed by atoms with van der Waals surface area (Å²) in [6, 6.07) is 2.94. The molecule has 0 fully saturated rings. The smallest absolute Gasteiger partial charge is 0.139 e. The average molecular weight is 319 g/mol. The quantitative estimate of drug-likeness (QED) is 0.705. The summed E-state index contributed by atoms with van der Waals surface area (Å²) < 4.78 is 13.8. The zero-order valence-corrected chi connectivity index (χ0v) is 12.3. The molecule has 102 valence electrons. The van der Waals surface area contributed by atoms with Gasteiger partial charge >= 0.3 is 0 Å². The van der Waals surface area contributed by atoms with E-state index in [1.165, 1.54) is 6.07 Å². The van der Waals surface area contributed by atoms with E-state index in [0.29, 0.717) is 22.4 Å². The Labute approximate surface area is 116 Å². The van der Waals surface area contributed by atoms with Gasteiger partial charge in [-0.25, -0.2) is 4.39 Å². The molecule has 1 aromatic rings. The third-order valence-corrected chi connectivity index (χ3v) is 3.47. The van der Waals surface area contributed by atoms with Gasteiger partial charge in [0.25, 0.3) is 0 Å². The third kappa shape index (κ3) is 4.46. The van der Waals surface area contributed by atoms with Gasteiger partial charge in [-0.15, -0.1) is 0 Å². The lowest BCUT2D eigenvalue weighted by molar-refractivity contribution is 0.248. The van der Waals surface area contributed by atoms with Crippen molar-refractivity contribution in [3.05, 3.63) is 22.4 Å². The molecule has 0 amide bonds. The van der Waals surface area contributed by atoms with E-state index < -0.39 is 0 Å². The fraction of sp³-hybridized carbons (Fsp3) is 0.538. The van der Waals surface area contributed by atoms with Crippen LogP contribution in [0.25, 0.3) is 0 Å².